The Kier molecular flexibility index (Phi) is 6.12. The van der Waals surface area contributed by atoms with Crippen LogP contribution in [0.1, 0.15) is 43.4 Å². The molecule has 2 N–H and O–H groups in total. The molecule has 16 heavy (non-hydrogen) atoms. The molecule has 0 saturated heterocycles. The van der Waals surface area contributed by atoms with Crippen molar-refractivity contribution >= 4 is 0 Å². The molecule has 0 unspecified atom stereocenters. The Morgan fingerprint density at radius 2 is 1.94 bits per heavy atom. The zero-order chi connectivity index (χ0) is 11.8. The minimum Gasteiger partial charge on any atom is -0.396 e. The van der Waals surface area contributed by atoms with Gasteiger partial charge in [-0.25, -0.2) is 0 Å². The number of aliphatic hydroxyl groups is 1. The van der Waals surface area contributed by atoms with Crippen LogP contribution in [0.5, 0.6) is 0 Å². The number of aliphatic hydroxyl groups excluding tert-OH is 1. The van der Waals surface area contributed by atoms with Gasteiger partial charge in [-0.05, 0) is 50.8 Å². The topological polar surface area (TPSA) is 32.3 Å². The second kappa shape index (κ2) is 7.42. The molecule has 90 valence electrons. The van der Waals surface area contributed by atoms with Crippen LogP contribution in [0.15, 0.2) is 24.3 Å². The van der Waals surface area contributed by atoms with Gasteiger partial charge >= 0.3 is 0 Å². The predicted molar refractivity (Wildman–Crippen MR) is 68.5 cm³/mol. The third-order valence-electron chi connectivity index (χ3n) is 2.94. The number of unbranched alkanes of at least 4 members (excludes halogenated alkanes) is 2. The second-order valence-corrected chi connectivity index (χ2v) is 4.32. The van der Waals surface area contributed by atoms with Crippen molar-refractivity contribution in [2.45, 2.75) is 39.2 Å². The second-order valence-electron chi connectivity index (χ2n) is 4.32. The highest BCUT2D eigenvalue weighted by Crippen LogP contribution is 2.16. The van der Waals surface area contributed by atoms with Gasteiger partial charge in [-0.1, -0.05) is 24.3 Å². The van der Waals surface area contributed by atoms with E-state index in [1.54, 1.807) is 0 Å². The van der Waals surface area contributed by atoms with Crippen LogP contribution >= 0.6 is 0 Å². The van der Waals surface area contributed by atoms with Gasteiger partial charge in [0.05, 0.1) is 0 Å². The van der Waals surface area contributed by atoms with E-state index in [2.05, 4.69) is 43.4 Å². The van der Waals surface area contributed by atoms with Crippen molar-refractivity contribution in [3.8, 4) is 0 Å². The molecule has 0 spiro atoms. The fourth-order valence-electron chi connectivity index (χ4n) is 1.91. The van der Waals surface area contributed by atoms with Crippen molar-refractivity contribution in [2.24, 2.45) is 0 Å². The maximum atomic E-state index is 8.67. The Morgan fingerprint density at radius 1 is 1.19 bits per heavy atom. The summed E-state index contributed by atoms with van der Waals surface area (Å²) in [6.45, 7) is 5.69. The first-order valence-electron chi connectivity index (χ1n) is 6.15. The molecule has 0 aliphatic heterocycles. The smallest absolute Gasteiger partial charge is 0.0431 e. The third-order valence-corrected chi connectivity index (χ3v) is 2.94. The zero-order valence-electron chi connectivity index (χ0n) is 10.4. The molecule has 0 radical (unpaired) electrons. The Balaban J connectivity index is 2.30. The molecule has 0 bridgehead atoms. The van der Waals surface area contributed by atoms with Gasteiger partial charge in [-0.3, -0.25) is 0 Å². The van der Waals surface area contributed by atoms with Gasteiger partial charge in [0, 0.05) is 12.6 Å². The number of rotatable bonds is 7. The number of hydrogen-bond acceptors (Lipinski definition) is 2. The molecule has 0 heterocycles. The summed E-state index contributed by atoms with van der Waals surface area (Å²) in [6.07, 6.45) is 3.15. The Morgan fingerprint density at radius 3 is 2.62 bits per heavy atom. The predicted octanol–water partition coefficient (Wildman–Crippen LogP) is 2.81. The van der Waals surface area contributed by atoms with Crippen molar-refractivity contribution in [1.29, 1.82) is 0 Å². The summed E-state index contributed by atoms with van der Waals surface area (Å²) >= 11 is 0. The van der Waals surface area contributed by atoms with Crippen molar-refractivity contribution in [3.63, 3.8) is 0 Å². The molecule has 1 aromatic rings. The Labute approximate surface area is 98.7 Å². The molecular weight excluding hydrogens is 198 g/mol. The van der Waals surface area contributed by atoms with Gasteiger partial charge in [-0.2, -0.15) is 0 Å². The monoisotopic (exact) mass is 221 g/mol. The van der Waals surface area contributed by atoms with Gasteiger partial charge in [0.2, 0.25) is 0 Å². The molecule has 0 fully saturated rings. The van der Waals surface area contributed by atoms with E-state index in [1.807, 2.05) is 0 Å². The molecule has 0 aliphatic rings. The third kappa shape index (κ3) is 4.33. The van der Waals surface area contributed by atoms with Crippen LogP contribution in [-0.4, -0.2) is 18.3 Å². The van der Waals surface area contributed by atoms with Crippen LogP contribution < -0.4 is 5.32 Å². The average molecular weight is 221 g/mol. The quantitative estimate of drug-likeness (QED) is 0.694. The van der Waals surface area contributed by atoms with Crippen LogP contribution in [0.4, 0.5) is 0 Å². The van der Waals surface area contributed by atoms with Crippen molar-refractivity contribution in [3.05, 3.63) is 35.4 Å². The summed E-state index contributed by atoms with van der Waals surface area (Å²) in [4.78, 5) is 0. The van der Waals surface area contributed by atoms with E-state index in [9.17, 15) is 0 Å². The van der Waals surface area contributed by atoms with E-state index in [1.165, 1.54) is 11.1 Å². The van der Waals surface area contributed by atoms with Crippen molar-refractivity contribution in [2.75, 3.05) is 13.2 Å². The van der Waals surface area contributed by atoms with Crippen LogP contribution in [-0.2, 0) is 0 Å². The van der Waals surface area contributed by atoms with Crippen LogP contribution in [0.3, 0.4) is 0 Å². The molecule has 2 nitrogen and oxygen atoms in total. The zero-order valence-corrected chi connectivity index (χ0v) is 10.4. The molecule has 0 amide bonds. The molecule has 2 heteroatoms. The van der Waals surface area contributed by atoms with E-state index in [-0.39, 0.29) is 0 Å². The SMILES string of the molecule is Cc1ccccc1[C@H](C)NCCCCCO. The molecular formula is C14H23NO. The van der Waals surface area contributed by atoms with E-state index >= 15 is 0 Å². The first-order chi connectivity index (χ1) is 7.75. The lowest BCUT2D eigenvalue weighted by atomic mass is 10.0. The molecule has 1 aromatic carbocycles. The van der Waals surface area contributed by atoms with Crippen molar-refractivity contribution < 1.29 is 5.11 Å². The highest BCUT2D eigenvalue weighted by Gasteiger charge is 2.05. The Bertz CT molecular complexity index is 299. The van der Waals surface area contributed by atoms with Crippen molar-refractivity contribution in [1.82, 2.24) is 5.32 Å². The molecule has 1 atom stereocenters. The molecule has 0 aliphatic carbocycles. The number of benzene rings is 1. The fraction of sp³-hybridized carbons (Fsp3) is 0.571. The average Bonchev–Trinajstić information content (AvgIpc) is 2.29. The number of hydrogen-bond donors (Lipinski definition) is 2. The summed E-state index contributed by atoms with van der Waals surface area (Å²) in [5.41, 5.74) is 2.72. The lowest BCUT2D eigenvalue weighted by Gasteiger charge is -2.16. The first-order valence-corrected chi connectivity index (χ1v) is 6.15. The van der Waals surface area contributed by atoms with E-state index in [0.717, 1.165) is 25.8 Å². The van der Waals surface area contributed by atoms with Gasteiger partial charge in [-0.15, -0.1) is 0 Å². The van der Waals surface area contributed by atoms with Gasteiger partial charge in [0.1, 0.15) is 0 Å². The molecule has 1 rings (SSSR count). The first kappa shape index (κ1) is 13.2. The minimum absolute atomic E-state index is 0.313. The van der Waals surface area contributed by atoms with E-state index in [0.29, 0.717) is 12.6 Å². The molecule has 0 saturated carbocycles. The standard InChI is InChI=1S/C14H23NO/c1-12-8-4-5-9-14(12)13(2)15-10-6-3-7-11-16/h4-5,8-9,13,15-16H,3,6-7,10-11H2,1-2H3/t13-/m0/s1. The normalized spacial score (nSPS) is 12.7. The van der Waals surface area contributed by atoms with Gasteiger partial charge < -0.3 is 10.4 Å². The lowest BCUT2D eigenvalue weighted by Crippen LogP contribution is -2.20. The lowest BCUT2D eigenvalue weighted by molar-refractivity contribution is 0.282. The summed E-state index contributed by atoms with van der Waals surface area (Å²) in [5, 5.41) is 12.2. The fourth-order valence-corrected chi connectivity index (χ4v) is 1.91. The van der Waals surface area contributed by atoms with E-state index < -0.39 is 0 Å². The summed E-state index contributed by atoms with van der Waals surface area (Å²) in [6, 6.07) is 8.91. The number of nitrogens with one attached hydrogen (secondary N) is 1. The highest BCUT2D eigenvalue weighted by atomic mass is 16.2. The van der Waals surface area contributed by atoms with Crippen LogP contribution in [0.25, 0.3) is 0 Å². The summed E-state index contributed by atoms with van der Waals surface area (Å²) < 4.78 is 0. The minimum atomic E-state index is 0.313. The largest absolute Gasteiger partial charge is 0.396 e. The maximum Gasteiger partial charge on any atom is 0.0431 e. The highest BCUT2D eigenvalue weighted by molar-refractivity contribution is 5.28. The van der Waals surface area contributed by atoms with Crippen LogP contribution in [0.2, 0.25) is 0 Å². The van der Waals surface area contributed by atoms with Gasteiger partial charge in [0.25, 0.3) is 0 Å². The van der Waals surface area contributed by atoms with Gasteiger partial charge in [0.15, 0.2) is 0 Å². The Hall–Kier alpha value is -0.860. The van der Waals surface area contributed by atoms with Crippen LogP contribution in [0, 0.1) is 6.92 Å². The molecule has 0 aromatic heterocycles. The summed E-state index contributed by atoms with van der Waals surface area (Å²) in [5.74, 6) is 0. The maximum absolute atomic E-state index is 8.67. The number of aryl methyl sites for hydroxylation is 1. The van der Waals surface area contributed by atoms with E-state index in [4.69, 9.17) is 5.11 Å². The summed E-state index contributed by atoms with van der Waals surface area (Å²) in [7, 11) is 0.